The van der Waals surface area contributed by atoms with Gasteiger partial charge in [-0.15, -0.1) is 0 Å². The second-order valence-corrected chi connectivity index (χ2v) is 6.34. The van der Waals surface area contributed by atoms with Gasteiger partial charge in [0.25, 0.3) is 0 Å². The molecule has 0 aliphatic heterocycles. The van der Waals surface area contributed by atoms with Gasteiger partial charge in [-0.3, -0.25) is 4.79 Å². The average Bonchev–Trinajstić information content (AvgIpc) is 2.60. The predicted octanol–water partition coefficient (Wildman–Crippen LogP) is 3.10. The van der Waals surface area contributed by atoms with Gasteiger partial charge >= 0.3 is 0 Å². The molecule has 0 saturated carbocycles. The van der Waals surface area contributed by atoms with Gasteiger partial charge in [0.1, 0.15) is 0 Å². The molecule has 0 aliphatic carbocycles. The Labute approximate surface area is 152 Å². The van der Waals surface area contributed by atoms with Gasteiger partial charge in [-0.1, -0.05) is 17.8 Å². The molecule has 0 atom stereocenters. The lowest BCUT2D eigenvalue weighted by molar-refractivity contribution is -0.118. The van der Waals surface area contributed by atoms with Crippen molar-refractivity contribution in [1.29, 1.82) is 0 Å². The molecule has 0 fully saturated rings. The summed E-state index contributed by atoms with van der Waals surface area (Å²) in [4.78, 5) is 15.9. The van der Waals surface area contributed by atoms with Gasteiger partial charge in [0, 0.05) is 6.20 Å². The van der Waals surface area contributed by atoms with Crippen molar-refractivity contribution in [2.24, 2.45) is 5.10 Å². The number of nitrogens with zero attached hydrogens (tertiary/aromatic N) is 2. The third kappa shape index (κ3) is 5.24. The maximum atomic E-state index is 11.8. The van der Waals surface area contributed by atoms with Gasteiger partial charge in [0.15, 0.2) is 11.5 Å². The molecule has 24 heavy (non-hydrogen) atoms. The Morgan fingerprint density at radius 1 is 1.38 bits per heavy atom. The normalized spacial score (nSPS) is 10.6. The predicted molar refractivity (Wildman–Crippen MR) is 97.9 cm³/mol. The van der Waals surface area contributed by atoms with Crippen LogP contribution < -0.4 is 14.9 Å². The van der Waals surface area contributed by atoms with Gasteiger partial charge in [-0.2, -0.15) is 5.10 Å². The zero-order valence-electron chi connectivity index (χ0n) is 13.2. The van der Waals surface area contributed by atoms with Gasteiger partial charge in [0.2, 0.25) is 5.91 Å². The number of carbonyl (C=O) groups is 1. The summed E-state index contributed by atoms with van der Waals surface area (Å²) in [5, 5.41) is 4.74. The maximum absolute atomic E-state index is 11.8. The maximum Gasteiger partial charge on any atom is 0.250 e. The van der Waals surface area contributed by atoms with E-state index in [0.29, 0.717) is 11.5 Å². The molecule has 1 amide bonds. The van der Waals surface area contributed by atoms with E-state index in [4.69, 9.17) is 9.47 Å². The number of ether oxygens (including phenoxy) is 2. The van der Waals surface area contributed by atoms with Crippen LogP contribution in [0.25, 0.3) is 0 Å². The summed E-state index contributed by atoms with van der Waals surface area (Å²) in [5.74, 6) is 1.21. The first-order valence-corrected chi connectivity index (χ1v) is 8.69. The van der Waals surface area contributed by atoms with Crippen LogP contribution in [0.5, 0.6) is 11.5 Å². The molecule has 0 unspecified atom stereocenters. The zero-order chi connectivity index (χ0) is 17.4. The Bertz CT molecular complexity index is 726. The van der Waals surface area contributed by atoms with Gasteiger partial charge in [-0.05, 0) is 45.8 Å². The summed E-state index contributed by atoms with van der Waals surface area (Å²) in [5.41, 5.74) is 3.24. The first-order valence-electron chi connectivity index (χ1n) is 6.91. The largest absolute Gasteiger partial charge is 0.493 e. The molecule has 0 spiro atoms. The number of amides is 1. The lowest BCUT2D eigenvalue weighted by Gasteiger charge is -2.10. The summed E-state index contributed by atoms with van der Waals surface area (Å²) < 4.78 is 11.2. The monoisotopic (exact) mass is 409 g/mol. The van der Waals surface area contributed by atoms with Crippen LogP contribution in [0.1, 0.15) is 5.56 Å². The van der Waals surface area contributed by atoms with E-state index in [1.165, 1.54) is 18.0 Å². The molecular weight excluding hydrogens is 394 g/mol. The van der Waals surface area contributed by atoms with Crippen LogP contribution in [0.15, 0.2) is 51.1 Å². The summed E-state index contributed by atoms with van der Waals surface area (Å²) in [6.45, 7) is 0. The smallest absolute Gasteiger partial charge is 0.250 e. The van der Waals surface area contributed by atoms with Crippen molar-refractivity contribution in [3.63, 3.8) is 0 Å². The number of hydrazone groups is 1. The average molecular weight is 410 g/mol. The highest BCUT2D eigenvalue weighted by Gasteiger charge is 2.09. The minimum Gasteiger partial charge on any atom is -0.493 e. The van der Waals surface area contributed by atoms with Crippen molar-refractivity contribution in [2.75, 3.05) is 20.0 Å². The highest BCUT2D eigenvalue weighted by molar-refractivity contribution is 9.10. The summed E-state index contributed by atoms with van der Waals surface area (Å²) in [6, 6.07) is 9.14. The molecule has 1 N–H and O–H groups in total. The third-order valence-corrected chi connectivity index (χ3v) is 4.38. The third-order valence-electron chi connectivity index (χ3n) is 2.85. The van der Waals surface area contributed by atoms with Crippen molar-refractivity contribution < 1.29 is 14.3 Å². The van der Waals surface area contributed by atoms with Gasteiger partial charge < -0.3 is 9.47 Å². The Balaban J connectivity index is 1.91. The number of rotatable bonds is 7. The van der Waals surface area contributed by atoms with Crippen LogP contribution in [0.4, 0.5) is 0 Å². The van der Waals surface area contributed by atoms with Crippen molar-refractivity contribution in [2.45, 2.75) is 5.03 Å². The lowest BCUT2D eigenvalue weighted by Crippen LogP contribution is -2.19. The Morgan fingerprint density at radius 2 is 2.21 bits per heavy atom. The standard InChI is InChI=1S/C16H16BrN3O3S/c1-22-13-8-11(7-12(17)16(13)23-2)9-19-20-14(21)10-24-15-5-3-4-6-18-15/h3-9H,10H2,1-2H3,(H,20,21). The molecule has 1 aromatic carbocycles. The molecule has 0 bridgehead atoms. The number of hydrogen-bond acceptors (Lipinski definition) is 6. The molecule has 2 aromatic rings. The minimum atomic E-state index is -0.207. The number of halogens is 1. The van der Waals surface area contributed by atoms with Gasteiger partial charge in [0.05, 0.1) is 35.7 Å². The van der Waals surface area contributed by atoms with E-state index in [2.05, 4.69) is 31.4 Å². The number of methoxy groups -OCH3 is 2. The summed E-state index contributed by atoms with van der Waals surface area (Å²) in [7, 11) is 3.12. The van der Waals surface area contributed by atoms with Crippen molar-refractivity contribution in [3.05, 3.63) is 46.6 Å². The fourth-order valence-corrected chi connectivity index (χ4v) is 3.07. The highest BCUT2D eigenvalue weighted by Crippen LogP contribution is 2.35. The van der Waals surface area contributed by atoms with E-state index >= 15 is 0 Å². The number of hydrogen-bond donors (Lipinski definition) is 1. The van der Waals surface area contributed by atoms with E-state index in [1.54, 1.807) is 26.5 Å². The first kappa shape index (κ1) is 18.3. The number of aromatic nitrogens is 1. The van der Waals surface area contributed by atoms with E-state index in [-0.39, 0.29) is 11.7 Å². The molecule has 6 nitrogen and oxygen atoms in total. The zero-order valence-corrected chi connectivity index (χ0v) is 15.6. The number of pyridine rings is 1. The quantitative estimate of drug-likeness (QED) is 0.432. The van der Waals surface area contributed by atoms with Crippen LogP contribution >= 0.6 is 27.7 Å². The van der Waals surface area contributed by atoms with Crippen molar-refractivity contribution >= 4 is 39.8 Å². The van der Waals surface area contributed by atoms with Crippen LogP contribution in [0, 0.1) is 0 Å². The Kier molecular flexibility index (Phi) is 7.07. The van der Waals surface area contributed by atoms with E-state index in [0.717, 1.165) is 15.1 Å². The van der Waals surface area contributed by atoms with Gasteiger partial charge in [-0.25, -0.2) is 10.4 Å². The fourth-order valence-electron chi connectivity index (χ4n) is 1.80. The lowest BCUT2D eigenvalue weighted by atomic mass is 10.2. The molecule has 0 saturated heterocycles. The molecule has 2 rings (SSSR count). The van der Waals surface area contributed by atoms with Crippen molar-refractivity contribution in [3.8, 4) is 11.5 Å². The molecule has 0 aliphatic rings. The number of thioether (sulfide) groups is 1. The second kappa shape index (κ2) is 9.29. The Morgan fingerprint density at radius 3 is 2.88 bits per heavy atom. The number of carbonyl (C=O) groups excluding carboxylic acids is 1. The molecule has 8 heteroatoms. The molecule has 1 aromatic heterocycles. The first-order chi connectivity index (χ1) is 11.6. The molecule has 126 valence electrons. The van der Waals surface area contributed by atoms with E-state index < -0.39 is 0 Å². The number of benzene rings is 1. The SMILES string of the molecule is COc1cc(C=NNC(=O)CSc2ccccn2)cc(Br)c1OC. The Hall–Kier alpha value is -2.06. The van der Waals surface area contributed by atoms with E-state index in [9.17, 15) is 4.79 Å². The second-order valence-electron chi connectivity index (χ2n) is 4.49. The minimum absolute atomic E-state index is 0.207. The van der Waals surface area contributed by atoms with Crippen LogP contribution in [-0.2, 0) is 4.79 Å². The summed E-state index contributed by atoms with van der Waals surface area (Å²) in [6.07, 6.45) is 3.23. The van der Waals surface area contributed by atoms with Crippen molar-refractivity contribution in [1.82, 2.24) is 10.4 Å². The number of nitrogens with one attached hydrogen (secondary N) is 1. The van der Waals surface area contributed by atoms with Crippen LogP contribution in [-0.4, -0.2) is 37.1 Å². The van der Waals surface area contributed by atoms with Crippen LogP contribution in [0.2, 0.25) is 0 Å². The van der Waals surface area contributed by atoms with Crippen LogP contribution in [0.3, 0.4) is 0 Å². The summed E-state index contributed by atoms with van der Waals surface area (Å²) >= 11 is 4.75. The van der Waals surface area contributed by atoms with E-state index in [1.807, 2.05) is 24.3 Å². The molecular formula is C16H16BrN3O3S. The highest BCUT2D eigenvalue weighted by atomic mass is 79.9. The fraction of sp³-hybridized carbons (Fsp3) is 0.188. The molecule has 1 heterocycles. The topological polar surface area (TPSA) is 72.8 Å². The molecule has 0 radical (unpaired) electrons.